The Kier molecular flexibility index (Phi) is 4.48. The number of benzene rings is 1. The van der Waals surface area contributed by atoms with Gasteiger partial charge in [-0.15, -0.1) is 0 Å². The van der Waals surface area contributed by atoms with E-state index in [0.717, 1.165) is 25.7 Å². The lowest BCUT2D eigenvalue weighted by molar-refractivity contribution is 0.00199. The van der Waals surface area contributed by atoms with E-state index in [4.69, 9.17) is 0 Å². The molecule has 0 atom stereocenters. The summed E-state index contributed by atoms with van der Waals surface area (Å²) in [6, 6.07) is 9.06. The Morgan fingerprint density at radius 2 is 1.95 bits per heavy atom. The molecule has 0 radical (unpaired) electrons. The lowest BCUT2D eigenvalue weighted by Gasteiger charge is -2.40. The van der Waals surface area contributed by atoms with Crippen LogP contribution in [0.2, 0.25) is 0 Å². The smallest absolute Gasteiger partial charge is 0.0773 e. The number of nitrogens with one attached hydrogen (secondary N) is 1. The van der Waals surface area contributed by atoms with Crippen molar-refractivity contribution < 1.29 is 5.11 Å². The largest absolute Gasteiger partial charge is 0.389 e. The summed E-state index contributed by atoms with van der Waals surface area (Å²) in [6.45, 7) is 2.86. The van der Waals surface area contributed by atoms with Crippen LogP contribution in [0.25, 0.3) is 0 Å². The van der Waals surface area contributed by atoms with Crippen LogP contribution in [0.5, 0.6) is 0 Å². The molecule has 1 aromatic carbocycles. The Hall–Kier alpha value is -1.06. The van der Waals surface area contributed by atoms with E-state index in [0.29, 0.717) is 12.6 Å². The Labute approximate surface area is 116 Å². The highest BCUT2D eigenvalue weighted by Crippen LogP contribution is 2.32. The van der Waals surface area contributed by atoms with E-state index in [-0.39, 0.29) is 0 Å². The van der Waals surface area contributed by atoms with Gasteiger partial charge in [-0.3, -0.25) is 0 Å². The summed E-state index contributed by atoms with van der Waals surface area (Å²) in [4.78, 5) is 2.38. The minimum Gasteiger partial charge on any atom is -0.389 e. The summed E-state index contributed by atoms with van der Waals surface area (Å²) >= 11 is 0. The molecule has 1 aromatic rings. The molecular formula is C16H26N2O. The van der Waals surface area contributed by atoms with E-state index in [9.17, 15) is 5.11 Å². The molecule has 0 aliphatic heterocycles. The molecule has 0 saturated heterocycles. The summed E-state index contributed by atoms with van der Waals surface area (Å²) in [5.74, 6) is 0. The second-order valence-electron chi connectivity index (χ2n) is 5.88. The lowest BCUT2D eigenvalue weighted by atomic mass is 9.81. The van der Waals surface area contributed by atoms with Crippen molar-refractivity contribution in [3.63, 3.8) is 0 Å². The van der Waals surface area contributed by atoms with E-state index < -0.39 is 5.60 Å². The maximum atomic E-state index is 10.4. The first-order valence-corrected chi connectivity index (χ1v) is 7.21. The SMILES string of the molecule is CNCC1(O)CCC(N(C)c2ccccc2C)CC1. The first-order valence-electron chi connectivity index (χ1n) is 7.21. The summed E-state index contributed by atoms with van der Waals surface area (Å²) in [7, 11) is 4.08. The normalized spacial score (nSPS) is 27.3. The molecule has 0 spiro atoms. The van der Waals surface area contributed by atoms with Crippen LogP contribution in [0.1, 0.15) is 31.2 Å². The molecular weight excluding hydrogens is 236 g/mol. The van der Waals surface area contributed by atoms with Gasteiger partial charge in [0.1, 0.15) is 0 Å². The number of likely N-dealkylation sites (N-methyl/N-ethyl adjacent to an activating group) is 1. The zero-order chi connectivity index (χ0) is 13.9. The van der Waals surface area contributed by atoms with Crippen LogP contribution in [-0.2, 0) is 0 Å². The quantitative estimate of drug-likeness (QED) is 0.874. The Morgan fingerprint density at radius 3 is 2.53 bits per heavy atom. The van der Waals surface area contributed by atoms with E-state index in [2.05, 4.69) is 48.5 Å². The minimum atomic E-state index is -0.502. The number of nitrogens with zero attached hydrogens (tertiary/aromatic N) is 1. The number of aryl methyl sites for hydroxylation is 1. The Morgan fingerprint density at radius 1 is 1.32 bits per heavy atom. The number of rotatable bonds is 4. The van der Waals surface area contributed by atoms with Crippen molar-refractivity contribution >= 4 is 5.69 Å². The second-order valence-corrected chi connectivity index (χ2v) is 5.88. The molecule has 1 aliphatic rings. The maximum Gasteiger partial charge on any atom is 0.0773 e. The van der Waals surface area contributed by atoms with Crippen LogP contribution in [0.3, 0.4) is 0 Å². The van der Waals surface area contributed by atoms with Gasteiger partial charge in [0.15, 0.2) is 0 Å². The summed E-state index contributed by atoms with van der Waals surface area (Å²) < 4.78 is 0. The molecule has 2 N–H and O–H groups in total. The molecule has 1 saturated carbocycles. The molecule has 106 valence electrons. The first-order chi connectivity index (χ1) is 9.06. The van der Waals surface area contributed by atoms with Gasteiger partial charge in [0.05, 0.1) is 5.60 Å². The van der Waals surface area contributed by atoms with E-state index >= 15 is 0 Å². The van der Waals surface area contributed by atoms with Gasteiger partial charge in [-0.2, -0.15) is 0 Å². The summed E-state index contributed by atoms with van der Waals surface area (Å²) in [6.07, 6.45) is 3.88. The molecule has 0 heterocycles. The van der Waals surface area contributed by atoms with Crippen molar-refractivity contribution in [1.82, 2.24) is 5.32 Å². The third-order valence-electron chi connectivity index (χ3n) is 4.43. The molecule has 3 nitrogen and oxygen atoms in total. The summed E-state index contributed by atoms with van der Waals surface area (Å²) in [5.41, 5.74) is 2.13. The van der Waals surface area contributed by atoms with Gasteiger partial charge in [-0.25, -0.2) is 0 Å². The molecule has 1 fully saturated rings. The highest BCUT2D eigenvalue weighted by Gasteiger charge is 2.34. The number of anilines is 1. The molecule has 3 heteroatoms. The van der Waals surface area contributed by atoms with Crippen molar-refractivity contribution in [3.8, 4) is 0 Å². The zero-order valence-electron chi connectivity index (χ0n) is 12.3. The van der Waals surface area contributed by atoms with Crippen molar-refractivity contribution in [2.24, 2.45) is 0 Å². The van der Waals surface area contributed by atoms with Crippen LogP contribution in [-0.4, -0.2) is 37.4 Å². The van der Waals surface area contributed by atoms with Gasteiger partial charge >= 0.3 is 0 Å². The summed E-state index contributed by atoms with van der Waals surface area (Å²) in [5, 5.41) is 13.5. The predicted molar refractivity (Wildman–Crippen MR) is 80.7 cm³/mol. The van der Waals surface area contributed by atoms with Crippen molar-refractivity contribution in [2.45, 2.75) is 44.2 Å². The molecule has 0 aromatic heterocycles. The van der Waals surface area contributed by atoms with Crippen molar-refractivity contribution in [3.05, 3.63) is 29.8 Å². The average molecular weight is 262 g/mol. The Balaban J connectivity index is 2.00. The van der Waals surface area contributed by atoms with E-state index in [1.807, 2.05) is 7.05 Å². The molecule has 1 aliphatic carbocycles. The third kappa shape index (κ3) is 3.28. The molecule has 0 amide bonds. The van der Waals surface area contributed by atoms with Crippen molar-refractivity contribution in [2.75, 3.05) is 25.5 Å². The fourth-order valence-corrected chi connectivity index (χ4v) is 3.19. The van der Waals surface area contributed by atoms with Crippen LogP contribution in [0.15, 0.2) is 24.3 Å². The third-order valence-corrected chi connectivity index (χ3v) is 4.43. The average Bonchev–Trinajstić information content (AvgIpc) is 2.39. The fourth-order valence-electron chi connectivity index (χ4n) is 3.19. The molecule has 0 bridgehead atoms. The molecule has 0 unspecified atom stereocenters. The van der Waals surface area contributed by atoms with Crippen LogP contribution < -0.4 is 10.2 Å². The van der Waals surface area contributed by atoms with Gasteiger partial charge in [0.2, 0.25) is 0 Å². The number of hydrogen-bond donors (Lipinski definition) is 2. The highest BCUT2D eigenvalue weighted by molar-refractivity contribution is 5.53. The first kappa shape index (κ1) is 14.4. The van der Waals surface area contributed by atoms with Gasteiger partial charge in [-0.1, -0.05) is 18.2 Å². The van der Waals surface area contributed by atoms with Crippen LogP contribution in [0.4, 0.5) is 5.69 Å². The monoisotopic (exact) mass is 262 g/mol. The fraction of sp³-hybridized carbons (Fsp3) is 0.625. The zero-order valence-corrected chi connectivity index (χ0v) is 12.3. The van der Waals surface area contributed by atoms with E-state index in [1.54, 1.807) is 0 Å². The number of hydrogen-bond acceptors (Lipinski definition) is 3. The highest BCUT2D eigenvalue weighted by atomic mass is 16.3. The van der Waals surface area contributed by atoms with E-state index in [1.165, 1.54) is 11.3 Å². The second kappa shape index (κ2) is 5.93. The van der Waals surface area contributed by atoms with Gasteiger partial charge in [0, 0.05) is 25.3 Å². The van der Waals surface area contributed by atoms with Crippen LogP contribution >= 0.6 is 0 Å². The topological polar surface area (TPSA) is 35.5 Å². The molecule has 19 heavy (non-hydrogen) atoms. The maximum absolute atomic E-state index is 10.4. The van der Waals surface area contributed by atoms with Crippen LogP contribution in [0, 0.1) is 6.92 Å². The predicted octanol–water partition coefficient (Wildman–Crippen LogP) is 2.32. The standard InChI is InChI=1S/C16H26N2O/c1-13-6-4-5-7-15(13)18(3)14-8-10-16(19,11-9-14)12-17-2/h4-7,14,17,19H,8-12H2,1-3H3. The van der Waals surface area contributed by atoms with Gasteiger partial charge in [0.25, 0.3) is 0 Å². The van der Waals surface area contributed by atoms with Gasteiger partial charge in [-0.05, 0) is 51.3 Å². The lowest BCUT2D eigenvalue weighted by Crippen LogP contribution is -2.47. The van der Waals surface area contributed by atoms with Crippen molar-refractivity contribution in [1.29, 1.82) is 0 Å². The Bertz CT molecular complexity index is 411. The number of aliphatic hydroxyl groups is 1. The number of para-hydroxylation sites is 1. The minimum absolute atomic E-state index is 0.502. The van der Waals surface area contributed by atoms with Gasteiger partial charge < -0.3 is 15.3 Å². The molecule has 2 rings (SSSR count).